The van der Waals surface area contributed by atoms with Crippen LogP contribution in [0.3, 0.4) is 0 Å². The van der Waals surface area contributed by atoms with Gasteiger partial charge >= 0.3 is 0 Å². The molecule has 2 atom stereocenters. The van der Waals surface area contributed by atoms with Crippen LogP contribution in [0.1, 0.15) is 28.4 Å². The standard InChI is InChI=1S/C22H24FN3O5/c1-13(27)25-8-7-17-14(9-25)10-26(16-5-3-15(23)4-6-16)22(29)20(17)21(28)24-18-11-31-12-19(18)30-2/h3-6,10,18-19H,7-9,11-12H2,1-2H3,(H,24,28)/t18-,19+/m0/s1. The highest BCUT2D eigenvalue weighted by molar-refractivity contribution is 5.96. The number of nitrogens with one attached hydrogen (secondary N) is 1. The number of hydrogen-bond acceptors (Lipinski definition) is 5. The topological polar surface area (TPSA) is 89.9 Å². The molecule has 1 N–H and O–H groups in total. The molecule has 1 fully saturated rings. The molecule has 0 spiro atoms. The number of ether oxygens (including phenoxy) is 2. The molecule has 0 aliphatic carbocycles. The Bertz CT molecular complexity index is 1070. The van der Waals surface area contributed by atoms with E-state index < -0.39 is 17.3 Å². The van der Waals surface area contributed by atoms with Crippen molar-refractivity contribution in [3.05, 3.63) is 63.3 Å². The second kappa shape index (κ2) is 8.60. The summed E-state index contributed by atoms with van der Waals surface area (Å²) in [4.78, 5) is 40.2. The van der Waals surface area contributed by atoms with Crippen molar-refractivity contribution in [3.8, 4) is 5.69 Å². The maximum atomic E-state index is 13.4. The third-order valence-electron chi connectivity index (χ3n) is 5.82. The van der Waals surface area contributed by atoms with Gasteiger partial charge in [0.1, 0.15) is 17.5 Å². The normalized spacial score (nSPS) is 20.4. The quantitative estimate of drug-likeness (QED) is 0.784. The summed E-state index contributed by atoms with van der Waals surface area (Å²) in [5.74, 6) is -1.02. The van der Waals surface area contributed by atoms with Crippen LogP contribution in [0, 0.1) is 5.82 Å². The van der Waals surface area contributed by atoms with Gasteiger partial charge in [0.15, 0.2) is 0 Å². The summed E-state index contributed by atoms with van der Waals surface area (Å²) in [6, 6.07) is 5.08. The van der Waals surface area contributed by atoms with Crippen molar-refractivity contribution < 1.29 is 23.5 Å². The molecular formula is C22H24FN3O5. The lowest BCUT2D eigenvalue weighted by Crippen LogP contribution is -2.46. The Labute approximate surface area is 178 Å². The van der Waals surface area contributed by atoms with Crippen LogP contribution in [0.2, 0.25) is 0 Å². The number of amides is 2. The molecule has 1 saturated heterocycles. The van der Waals surface area contributed by atoms with Crippen molar-refractivity contribution in [1.82, 2.24) is 14.8 Å². The van der Waals surface area contributed by atoms with Crippen molar-refractivity contribution in [1.29, 1.82) is 0 Å². The lowest BCUT2D eigenvalue weighted by atomic mass is 9.95. The van der Waals surface area contributed by atoms with Crippen LogP contribution in [0.5, 0.6) is 0 Å². The van der Waals surface area contributed by atoms with E-state index in [4.69, 9.17) is 9.47 Å². The van der Waals surface area contributed by atoms with Gasteiger partial charge < -0.3 is 19.7 Å². The van der Waals surface area contributed by atoms with Crippen LogP contribution >= 0.6 is 0 Å². The molecule has 2 aromatic rings. The van der Waals surface area contributed by atoms with Gasteiger partial charge in [-0.1, -0.05) is 0 Å². The van der Waals surface area contributed by atoms with E-state index in [0.29, 0.717) is 49.5 Å². The van der Waals surface area contributed by atoms with E-state index in [0.717, 1.165) is 0 Å². The predicted molar refractivity (Wildman–Crippen MR) is 110 cm³/mol. The van der Waals surface area contributed by atoms with Gasteiger partial charge in [0.25, 0.3) is 11.5 Å². The number of rotatable bonds is 4. The van der Waals surface area contributed by atoms with E-state index in [1.54, 1.807) is 18.2 Å². The van der Waals surface area contributed by atoms with Crippen molar-refractivity contribution in [2.24, 2.45) is 0 Å². The molecule has 31 heavy (non-hydrogen) atoms. The molecule has 0 bridgehead atoms. The molecule has 3 heterocycles. The average molecular weight is 429 g/mol. The largest absolute Gasteiger partial charge is 0.377 e. The Morgan fingerprint density at radius 1 is 1.23 bits per heavy atom. The Morgan fingerprint density at radius 3 is 2.65 bits per heavy atom. The third-order valence-corrected chi connectivity index (χ3v) is 5.82. The van der Waals surface area contributed by atoms with Gasteiger partial charge in [-0.3, -0.25) is 19.0 Å². The van der Waals surface area contributed by atoms with E-state index in [1.807, 2.05) is 0 Å². The van der Waals surface area contributed by atoms with Crippen LogP contribution < -0.4 is 10.9 Å². The van der Waals surface area contributed by atoms with E-state index in [1.165, 1.54) is 35.8 Å². The first kappa shape index (κ1) is 21.2. The van der Waals surface area contributed by atoms with Gasteiger partial charge in [0.2, 0.25) is 5.91 Å². The zero-order valence-corrected chi connectivity index (χ0v) is 17.4. The highest BCUT2D eigenvalue weighted by Gasteiger charge is 2.33. The molecule has 8 nitrogen and oxygen atoms in total. The summed E-state index contributed by atoms with van der Waals surface area (Å²) in [6.45, 7) is 2.86. The van der Waals surface area contributed by atoms with E-state index in [2.05, 4.69) is 5.32 Å². The van der Waals surface area contributed by atoms with Gasteiger partial charge in [-0.25, -0.2) is 4.39 Å². The van der Waals surface area contributed by atoms with Crippen LogP contribution in [-0.2, 0) is 27.2 Å². The summed E-state index contributed by atoms with van der Waals surface area (Å²) in [5.41, 5.74) is 1.31. The first-order chi connectivity index (χ1) is 14.9. The van der Waals surface area contributed by atoms with Gasteiger partial charge in [-0.2, -0.15) is 0 Å². The third kappa shape index (κ3) is 4.11. The number of fused-ring (bicyclic) bond motifs is 1. The molecule has 0 unspecified atom stereocenters. The number of aromatic nitrogens is 1. The van der Waals surface area contributed by atoms with Gasteiger partial charge in [-0.05, 0) is 41.8 Å². The van der Waals surface area contributed by atoms with Gasteiger partial charge in [0.05, 0.1) is 19.3 Å². The lowest BCUT2D eigenvalue weighted by Gasteiger charge is -2.30. The molecule has 0 saturated carbocycles. The number of halogens is 1. The SMILES string of the molecule is CO[C@@H]1COC[C@@H]1NC(=O)c1c2c(cn(-c3ccc(F)cc3)c1=O)CN(C(C)=O)CC2. The van der Waals surface area contributed by atoms with E-state index in [-0.39, 0.29) is 23.6 Å². The van der Waals surface area contributed by atoms with Crippen LogP contribution in [0.4, 0.5) is 4.39 Å². The van der Waals surface area contributed by atoms with Crippen LogP contribution in [0.25, 0.3) is 5.69 Å². The van der Waals surface area contributed by atoms with Crippen molar-refractivity contribution in [3.63, 3.8) is 0 Å². The van der Waals surface area contributed by atoms with Crippen molar-refractivity contribution >= 4 is 11.8 Å². The zero-order chi connectivity index (χ0) is 22.1. The van der Waals surface area contributed by atoms with E-state index in [9.17, 15) is 18.8 Å². The fraction of sp³-hybridized carbons (Fsp3) is 0.409. The predicted octanol–water partition coefficient (Wildman–Crippen LogP) is 1.02. The molecule has 2 amide bonds. The Kier molecular flexibility index (Phi) is 5.88. The molecular weight excluding hydrogens is 405 g/mol. The average Bonchev–Trinajstić information content (AvgIpc) is 3.20. The molecule has 4 rings (SSSR count). The monoisotopic (exact) mass is 429 g/mol. The number of nitrogens with zero attached hydrogens (tertiary/aromatic N) is 2. The summed E-state index contributed by atoms with van der Waals surface area (Å²) >= 11 is 0. The van der Waals surface area contributed by atoms with Crippen molar-refractivity contribution in [2.75, 3.05) is 26.9 Å². The Hall–Kier alpha value is -3.04. The summed E-state index contributed by atoms with van der Waals surface area (Å²) in [6.07, 6.45) is 1.73. The molecule has 2 aliphatic rings. The summed E-state index contributed by atoms with van der Waals surface area (Å²) in [5, 5.41) is 2.87. The maximum Gasteiger partial charge on any atom is 0.268 e. The minimum Gasteiger partial charge on any atom is -0.377 e. The Balaban J connectivity index is 1.79. The number of hydrogen-bond donors (Lipinski definition) is 1. The number of carbonyl (C=O) groups is 2. The van der Waals surface area contributed by atoms with Gasteiger partial charge in [-0.15, -0.1) is 0 Å². The molecule has 1 aromatic carbocycles. The maximum absolute atomic E-state index is 13.4. The van der Waals surface area contributed by atoms with Crippen LogP contribution in [-0.4, -0.2) is 60.3 Å². The fourth-order valence-electron chi connectivity index (χ4n) is 4.09. The summed E-state index contributed by atoms with van der Waals surface area (Å²) in [7, 11) is 1.54. The number of methoxy groups -OCH3 is 1. The lowest BCUT2D eigenvalue weighted by molar-refractivity contribution is -0.129. The van der Waals surface area contributed by atoms with Crippen molar-refractivity contribution in [2.45, 2.75) is 32.0 Å². The van der Waals surface area contributed by atoms with Gasteiger partial charge in [0, 0.05) is 39.0 Å². The highest BCUT2D eigenvalue weighted by Crippen LogP contribution is 2.23. The number of benzene rings is 1. The molecule has 164 valence electrons. The fourth-order valence-corrected chi connectivity index (χ4v) is 4.09. The first-order valence-electron chi connectivity index (χ1n) is 10.1. The minimum atomic E-state index is -0.508. The smallest absolute Gasteiger partial charge is 0.268 e. The van der Waals surface area contributed by atoms with Crippen LogP contribution in [0.15, 0.2) is 35.3 Å². The second-order valence-corrected chi connectivity index (χ2v) is 7.74. The number of pyridine rings is 1. The second-order valence-electron chi connectivity index (χ2n) is 7.74. The molecule has 2 aliphatic heterocycles. The summed E-state index contributed by atoms with van der Waals surface area (Å²) < 4.78 is 25.5. The minimum absolute atomic E-state index is 0.0341. The first-order valence-corrected chi connectivity index (χ1v) is 10.1. The Morgan fingerprint density at radius 2 is 1.97 bits per heavy atom. The zero-order valence-electron chi connectivity index (χ0n) is 17.4. The number of carbonyl (C=O) groups excluding carboxylic acids is 2. The molecule has 1 aromatic heterocycles. The molecule has 0 radical (unpaired) electrons. The van der Waals surface area contributed by atoms with E-state index >= 15 is 0 Å². The molecule has 9 heteroatoms. The highest BCUT2D eigenvalue weighted by atomic mass is 19.1.